The number of hydrogen-bond donors (Lipinski definition) is 2. The summed E-state index contributed by atoms with van der Waals surface area (Å²) >= 11 is 0. The van der Waals surface area contributed by atoms with Crippen LogP contribution in [0.4, 0.5) is 0 Å². The van der Waals surface area contributed by atoms with Crippen LogP contribution in [0.3, 0.4) is 0 Å². The van der Waals surface area contributed by atoms with E-state index in [1.165, 1.54) is 5.56 Å². The molecule has 5 rings (SSSR count). The number of amides is 1. The van der Waals surface area contributed by atoms with E-state index in [-0.39, 0.29) is 29.4 Å². The average Bonchev–Trinajstić information content (AvgIpc) is 3.61. The first-order valence-corrected chi connectivity index (χ1v) is 15.1. The number of rotatable bonds is 7. The number of hydrogen-bond acceptors (Lipinski definition) is 5. The molecule has 2 fully saturated rings. The number of ether oxygens (including phenoxy) is 2. The third kappa shape index (κ3) is 5.63. The number of benzene rings is 2. The van der Waals surface area contributed by atoms with E-state index in [0.717, 1.165) is 35.3 Å². The third-order valence-electron chi connectivity index (χ3n) is 9.02. The first kappa shape index (κ1) is 29.6. The van der Waals surface area contributed by atoms with E-state index in [4.69, 9.17) is 9.47 Å². The van der Waals surface area contributed by atoms with Gasteiger partial charge in [-0.3, -0.25) is 4.79 Å². The van der Waals surface area contributed by atoms with Crippen molar-refractivity contribution < 1.29 is 24.2 Å². The number of nitrogens with one attached hydrogen (secondary N) is 1. The van der Waals surface area contributed by atoms with Gasteiger partial charge in [0.1, 0.15) is 23.5 Å². The van der Waals surface area contributed by atoms with Crippen molar-refractivity contribution in [2.24, 2.45) is 11.3 Å². The Kier molecular flexibility index (Phi) is 7.99. The second-order valence-corrected chi connectivity index (χ2v) is 14.0. The molecule has 3 aliphatic heterocycles. The lowest BCUT2D eigenvalue weighted by Crippen LogP contribution is -2.50. The minimum Gasteiger partial charge on any atom is -0.487 e. The smallest absolute Gasteiger partial charge is 0.326 e. The fourth-order valence-electron chi connectivity index (χ4n) is 7.34. The fraction of sp³-hybridized carbons (Fsp3) is 0.588. The Hall–Kier alpha value is -2.90. The summed E-state index contributed by atoms with van der Waals surface area (Å²) in [5.74, 6) is -0.432. The SMILES string of the molecule is CC(C)c1ccccc1[C@H]1[C@@H](NCc2cccc3c2OC(C)(C)C3)[C@H](C(C)(C)C)[C@@H](C(=O)O)N1C(=O)[C@@H]1CCCO1. The van der Waals surface area contributed by atoms with Crippen molar-refractivity contribution in [3.8, 4) is 5.75 Å². The number of carbonyl (C=O) groups is 2. The third-order valence-corrected chi connectivity index (χ3v) is 9.02. The van der Waals surface area contributed by atoms with Crippen molar-refractivity contribution in [3.05, 3.63) is 64.7 Å². The van der Waals surface area contributed by atoms with Crippen LogP contribution in [0.25, 0.3) is 0 Å². The quantitative estimate of drug-likeness (QED) is 0.440. The number of aliphatic carboxylic acids is 1. The summed E-state index contributed by atoms with van der Waals surface area (Å²) in [6.45, 7) is 15.8. The zero-order valence-corrected chi connectivity index (χ0v) is 25.6. The van der Waals surface area contributed by atoms with Crippen LogP contribution in [0.2, 0.25) is 0 Å². The summed E-state index contributed by atoms with van der Waals surface area (Å²) in [5.41, 5.74) is 3.69. The Labute approximate surface area is 244 Å². The molecule has 0 saturated carbocycles. The Bertz CT molecular complexity index is 1290. The lowest BCUT2D eigenvalue weighted by atomic mass is 9.72. The van der Waals surface area contributed by atoms with Crippen LogP contribution in [0.5, 0.6) is 5.75 Å². The number of carboxylic acid groups (broad SMARTS) is 1. The van der Waals surface area contributed by atoms with Gasteiger partial charge in [0.15, 0.2) is 0 Å². The highest BCUT2D eigenvalue weighted by Gasteiger charge is 2.59. The van der Waals surface area contributed by atoms with Crippen molar-refractivity contribution in [2.45, 2.75) is 110 Å². The Balaban J connectivity index is 1.63. The Morgan fingerprint density at radius 2 is 1.85 bits per heavy atom. The maximum atomic E-state index is 14.2. The minimum atomic E-state index is -0.994. The number of likely N-dealkylation sites (tertiary alicyclic amines) is 1. The molecule has 3 heterocycles. The van der Waals surface area contributed by atoms with Gasteiger partial charge in [0, 0.05) is 37.1 Å². The van der Waals surface area contributed by atoms with Crippen LogP contribution in [-0.4, -0.2) is 52.3 Å². The largest absolute Gasteiger partial charge is 0.487 e. The zero-order chi connectivity index (χ0) is 29.7. The van der Waals surface area contributed by atoms with Crippen LogP contribution >= 0.6 is 0 Å². The molecule has 0 unspecified atom stereocenters. The molecule has 0 aliphatic carbocycles. The van der Waals surface area contributed by atoms with E-state index in [2.05, 4.69) is 84.1 Å². The van der Waals surface area contributed by atoms with E-state index < -0.39 is 29.6 Å². The molecule has 41 heavy (non-hydrogen) atoms. The molecule has 7 heteroatoms. The molecule has 2 aromatic carbocycles. The fourth-order valence-corrected chi connectivity index (χ4v) is 7.34. The summed E-state index contributed by atoms with van der Waals surface area (Å²) in [6.07, 6.45) is 1.65. The lowest BCUT2D eigenvalue weighted by molar-refractivity contribution is -0.156. The van der Waals surface area contributed by atoms with Gasteiger partial charge in [0.05, 0.1) is 6.04 Å². The van der Waals surface area contributed by atoms with E-state index >= 15 is 0 Å². The molecule has 0 radical (unpaired) electrons. The highest BCUT2D eigenvalue weighted by atomic mass is 16.5. The van der Waals surface area contributed by atoms with E-state index in [9.17, 15) is 14.7 Å². The summed E-state index contributed by atoms with van der Waals surface area (Å²) in [5, 5.41) is 14.6. The lowest BCUT2D eigenvalue weighted by Gasteiger charge is -2.35. The van der Waals surface area contributed by atoms with Gasteiger partial charge in [-0.05, 0) is 54.7 Å². The molecule has 2 N–H and O–H groups in total. The van der Waals surface area contributed by atoms with Crippen molar-refractivity contribution in [1.29, 1.82) is 0 Å². The van der Waals surface area contributed by atoms with Crippen LogP contribution in [0.15, 0.2) is 42.5 Å². The minimum absolute atomic E-state index is 0.205. The Morgan fingerprint density at radius 3 is 2.49 bits per heavy atom. The van der Waals surface area contributed by atoms with Gasteiger partial charge >= 0.3 is 5.97 Å². The summed E-state index contributed by atoms with van der Waals surface area (Å²) in [4.78, 5) is 29.0. The Morgan fingerprint density at radius 1 is 1.12 bits per heavy atom. The maximum absolute atomic E-state index is 14.2. The van der Waals surface area contributed by atoms with Crippen molar-refractivity contribution in [3.63, 3.8) is 0 Å². The second kappa shape index (κ2) is 11.1. The van der Waals surface area contributed by atoms with E-state index in [1.807, 2.05) is 12.1 Å². The van der Waals surface area contributed by atoms with Gasteiger partial charge in [0.25, 0.3) is 5.91 Å². The van der Waals surface area contributed by atoms with Crippen LogP contribution in [0, 0.1) is 11.3 Å². The van der Waals surface area contributed by atoms with Gasteiger partial charge in [-0.2, -0.15) is 0 Å². The maximum Gasteiger partial charge on any atom is 0.326 e. The normalized spacial score (nSPS) is 27.2. The van der Waals surface area contributed by atoms with Gasteiger partial charge in [0.2, 0.25) is 0 Å². The molecule has 222 valence electrons. The van der Waals surface area contributed by atoms with Gasteiger partial charge in [-0.15, -0.1) is 0 Å². The summed E-state index contributed by atoms with van der Waals surface area (Å²) in [7, 11) is 0. The molecule has 5 atom stereocenters. The highest BCUT2D eigenvalue weighted by molar-refractivity contribution is 5.88. The van der Waals surface area contributed by atoms with Gasteiger partial charge in [-0.1, -0.05) is 77.1 Å². The van der Waals surface area contributed by atoms with Crippen LogP contribution in [0.1, 0.15) is 95.5 Å². The predicted molar refractivity (Wildman–Crippen MR) is 159 cm³/mol. The van der Waals surface area contributed by atoms with Crippen LogP contribution < -0.4 is 10.1 Å². The second-order valence-electron chi connectivity index (χ2n) is 14.0. The molecule has 0 spiro atoms. The van der Waals surface area contributed by atoms with Gasteiger partial charge in [-0.25, -0.2) is 4.79 Å². The molecule has 2 aromatic rings. The van der Waals surface area contributed by atoms with Crippen molar-refractivity contribution in [2.75, 3.05) is 6.61 Å². The number of fused-ring (bicyclic) bond motifs is 1. The zero-order valence-electron chi connectivity index (χ0n) is 25.6. The van der Waals surface area contributed by atoms with E-state index in [0.29, 0.717) is 19.6 Å². The first-order chi connectivity index (χ1) is 19.3. The predicted octanol–water partition coefficient (Wildman–Crippen LogP) is 5.86. The standard InChI is InChI=1S/C34H46N2O5/c1-20(2)23-14-8-9-15-24(23)28-27(35-19-22-13-10-12-21-18-34(6,7)41-30(21)22)26(33(3,4)5)29(32(38)39)36(28)31(37)25-16-11-17-40-25/h8-10,12-15,20,25-29,35H,11,16-19H2,1-7H3,(H,38,39)/t25-,26-,27-,28-,29-/m0/s1. The molecule has 1 amide bonds. The average molecular weight is 563 g/mol. The topological polar surface area (TPSA) is 88.1 Å². The highest BCUT2D eigenvalue weighted by Crippen LogP contribution is 2.50. The monoisotopic (exact) mass is 562 g/mol. The molecule has 0 aromatic heterocycles. The molecular weight excluding hydrogens is 516 g/mol. The number of carboxylic acids is 1. The summed E-state index contributed by atoms with van der Waals surface area (Å²) in [6, 6.07) is 12.7. The summed E-state index contributed by atoms with van der Waals surface area (Å²) < 4.78 is 12.2. The van der Waals surface area contributed by atoms with Gasteiger partial charge < -0.3 is 24.8 Å². The molecule has 0 bridgehead atoms. The molecular formula is C34H46N2O5. The van der Waals surface area contributed by atoms with Crippen molar-refractivity contribution in [1.82, 2.24) is 10.2 Å². The molecule has 2 saturated heterocycles. The molecule has 3 aliphatic rings. The number of carbonyl (C=O) groups excluding carboxylic acids is 1. The molecule has 7 nitrogen and oxygen atoms in total. The first-order valence-electron chi connectivity index (χ1n) is 15.1. The van der Waals surface area contributed by atoms with Crippen molar-refractivity contribution >= 4 is 11.9 Å². The van der Waals surface area contributed by atoms with Crippen LogP contribution in [-0.2, 0) is 27.3 Å². The number of nitrogens with zero attached hydrogens (tertiary/aromatic N) is 1. The van der Waals surface area contributed by atoms with E-state index in [1.54, 1.807) is 4.90 Å². The number of para-hydroxylation sites is 1.